The summed E-state index contributed by atoms with van der Waals surface area (Å²) in [5, 5.41) is 4.00. The van der Waals surface area contributed by atoms with Crippen LogP contribution in [0.5, 0.6) is 0 Å². The van der Waals surface area contributed by atoms with Crippen LogP contribution >= 0.6 is 23.4 Å². The Hall–Kier alpha value is -0.590. The highest BCUT2D eigenvalue weighted by Crippen LogP contribution is 2.18. The molecule has 0 amide bonds. The first-order chi connectivity index (χ1) is 8.76. The molecule has 1 aromatic heterocycles. The predicted octanol–water partition coefficient (Wildman–Crippen LogP) is 2.57. The molecule has 18 heavy (non-hydrogen) atoms. The number of nitrogens with two attached hydrogens (primary N) is 1. The van der Waals surface area contributed by atoms with Crippen molar-refractivity contribution in [3.8, 4) is 0 Å². The van der Waals surface area contributed by atoms with E-state index in [0.717, 1.165) is 18.7 Å². The zero-order valence-corrected chi connectivity index (χ0v) is 12.2. The van der Waals surface area contributed by atoms with Gasteiger partial charge in [0.15, 0.2) is 5.16 Å². The van der Waals surface area contributed by atoms with E-state index in [4.69, 9.17) is 17.3 Å². The van der Waals surface area contributed by atoms with Gasteiger partial charge in [-0.1, -0.05) is 31.5 Å². The van der Waals surface area contributed by atoms with Crippen molar-refractivity contribution in [3.05, 3.63) is 5.28 Å². The largest absolute Gasteiger partial charge is 0.354 e. The normalized spacial score (nSPS) is 10.6. The van der Waals surface area contributed by atoms with Gasteiger partial charge in [0.1, 0.15) is 0 Å². The van der Waals surface area contributed by atoms with E-state index in [1.54, 1.807) is 11.8 Å². The van der Waals surface area contributed by atoms with Crippen LogP contribution < -0.4 is 11.1 Å². The van der Waals surface area contributed by atoms with E-state index in [1.165, 1.54) is 19.3 Å². The lowest BCUT2D eigenvalue weighted by Gasteiger charge is -2.05. The van der Waals surface area contributed by atoms with Crippen LogP contribution in [0, 0.1) is 0 Å². The Morgan fingerprint density at radius 2 is 2.06 bits per heavy atom. The number of aromatic nitrogens is 3. The summed E-state index contributed by atoms with van der Waals surface area (Å²) in [6.07, 6.45) is 4.49. The van der Waals surface area contributed by atoms with Gasteiger partial charge in [0.25, 0.3) is 0 Å². The molecule has 102 valence electrons. The monoisotopic (exact) mass is 289 g/mol. The molecular weight excluding hydrogens is 270 g/mol. The van der Waals surface area contributed by atoms with Crippen molar-refractivity contribution >= 4 is 29.3 Å². The lowest BCUT2D eigenvalue weighted by molar-refractivity contribution is 0.776. The van der Waals surface area contributed by atoms with Gasteiger partial charge in [-0.3, -0.25) is 0 Å². The molecule has 7 heteroatoms. The number of hydrogen-bond acceptors (Lipinski definition) is 6. The molecule has 5 nitrogen and oxygen atoms in total. The third kappa shape index (κ3) is 6.37. The average molecular weight is 290 g/mol. The topological polar surface area (TPSA) is 76.7 Å². The van der Waals surface area contributed by atoms with E-state index < -0.39 is 0 Å². The van der Waals surface area contributed by atoms with Gasteiger partial charge in [-0.25, -0.2) is 0 Å². The summed E-state index contributed by atoms with van der Waals surface area (Å²) in [4.78, 5) is 12.4. The highest BCUT2D eigenvalue weighted by molar-refractivity contribution is 7.99. The first-order valence-corrected chi connectivity index (χ1v) is 7.61. The minimum Gasteiger partial charge on any atom is -0.354 e. The standard InChI is InChI=1S/C11H20ClN5S/c1-2-3-4-8-18-11-16-9(12)15-10(17-11)14-7-5-6-13/h2-8,13H2,1H3,(H,14,15,16,17). The van der Waals surface area contributed by atoms with Crippen LogP contribution in [0.1, 0.15) is 32.6 Å². The molecule has 0 unspecified atom stereocenters. The van der Waals surface area contributed by atoms with Gasteiger partial charge in [-0.05, 0) is 31.0 Å². The second-order valence-electron chi connectivity index (χ2n) is 3.84. The maximum absolute atomic E-state index is 5.86. The minimum atomic E-state index is 0.234. The van der Waals surface area contributed by atoms with Crippen LogP contribution in [0.15, 0.2) is 5.16 Å². The van der Waals surface area contributed by atoms with Crippen molar-refractivity contribution in [2.75, 3.05) is 24.2 Å². The zero-order chi connectivity index (χ0) is 13.2. The fourth-order valence-electron chi connectivity index (χ4n) is 1.29. The van der Waals surface area contributed by atoms with Crippen molar-refractivity contribution in [1.29, 1.82) is 0 Å². The van der Waals surface area contributed by atoms with Crippen LogP contribution in [0.25, 0.3) is 0 Å². The van der Waals surface area contributed by atoms with Crippen LogP contribution in [-0.2, 0) is 0 Å². The molecule has 0 saturated heterocycles. The van der Waals surface area contributed by atoms with Crippen LogP contribution in [0.4, 0.5) is 5.95 Å². The summed E-state index contributed by atoms with van der Waals surface area (Å²) in [7, 11) is 0. The molecule has 1 aromatic rings. The Balaban J connectivity index is 2.46. The molecule has 0 saturated carbocycles. The number of nitrogens with one attached hydrogen (secondary N) is 1. The highest BCUT2D eigenvalue weighted by atomic mass is 35.5. The first kappa shape index (κ1) is 15.5. The number of halogens is 1. The summed E-state index contributed by atoms with van der Waals surface area (Å²) in [6.45, 7) is 3.57. The van der Waals surface area contributed by atoms with Crippen molar-refractivity contribution in [3.63, 3.8) is 0 Å². The summed E-state index contributed by atoms with van der Waals surface area (Å²) in [5.74, 6) is 1.54. The van der Waals surface area contributed by atoms with Gasteiger partial charge in [-0.2, -0.15) is 15.0 Å². The molecule has 0 atom stereocenters. The molecule has 0 spiro atoms. The lowest BCUT2D eigenvalue weighted by atomic mass is 10.3. The van der Waals surface area contributed by atoms with E-state index in [9.17, 15) is 0 Å². The lowest BCUT2D eigenvalue weighted by Crippen LogP contribution is -2.11. The molecule has 0 aliphatic carbocycles. The number of rotatable bonds is 9. The first-order valence-electron chi connectivity index (χ1n) is 6.24. The number of unbranched alkanes of at least 4 members (excludes halogenated alkanes) is 2. The molecule has 0 fully saturated rings. The van der Waals surface area contributed by atoms with Crippen LogP contribution in [0.2, 0.25) is 5.28 Å². The number of hydrogen-bond donors (Lipinski definition) is 2. The average Bonchev–Trinajstić information content (AvgIpc) is 2.34. The van der Waals surface area contributed by atoms with Gasteiger partial charge < -0.3 is 11.1 Å². The third-order valence-corrected chi connectivity index (χ3v) is 3.33. The van der Waals surface area contributed by atoms with E-state index in [1.807, 2.05) is 0 Å². The molecule has 0 aromatic carbocycles. The van der Waals surface area contributed by atoms with Gasteiger partial charge in [0.2, 0.25) is 11.2 Å². The smallest absolute Gasteiger partial charge is 0.228 e. The molecule has 1 rings (SSSR count). The Kier molecular flexibility index (Phi) is 8.04. The Morgan fingerprint density at radius 3 is 2.78 bits per heavy atom. The summed E-state index contributed by atoms with van der Waals surface area (Å²) >= 11 is 7.48. The second kappa shape index (κ2) is 9.35. The van der Waals surface area contributed by atoms with Crippen molar-refractivity contribution in [2.45, 2.75) is 37.8 Å². The number of thioether (sulfide) groups is 1. The SMILES string of the molecule is CCCCCSc1nc(Cl)nc(NCCCN)n1. The molecule has 3 N–H and O–H groups in total. The van der Waals surface area contributed by atoms with E-state index in [2.05, 4.69) is 27.2 Å². The molecule has 0 radical (unpaired) electrons. The van der Waals surface area contributed by atoms with Crippen LogP contribution in [-0.4, -0.2) is 33.8 Å². The second-order valence-corrected chi connectivity index (χ2v) is 5.24. The molecule has 0 aliphatic rings. The molecular formula is C11H20ClN5S. The van der Waals surface area contributed by atoms with Gasteiger partial charge in [-0.15, -0.1) is 0 Å². The Morgan fingerprint density at radius 1 is 1.22 bits per heavy atom. The van der Waals surface area contributed by atoms with E-state index >= 15 is 0 Å². The summed E-state index contributed by atoms with van der Waals surface area (Å²) in [5.41, 5.74) is 5.42. The van der Waals surface area contributed by atoms with Crippen LogP contribution in [0.3, 0.4) is 0 Å². The number of nitrogens with zero attached hydrogens (tertiary/aromatic N) is 3. The quantitative estimate of drug-likeness (QED) is 0.537. The third-order valence-electron chi connectivity index (χ3n) is 2.23. The zero-order valence-electron chi connectivity index (χ0n) is 10.7. The van der Waals surface area contributed by atoms with Crippen molar-refractivity contribution < 1.29 is 0 Å². The molecule has 0 bridgehead atoms. The molecule has 1 heterocycles. The van der Waals surface area contributed by atoms with E-state index in [-0.39, 0.29) is 5.28 Å². The minimum absolute atomic E-state index is 0.234. The van der Waals surface area contributed by atoms with Gasteiger partial charge >= 0.3 is 0 Å². The van der Waals surface area contributed by atoms with Gasteiger partial charge in [0, 0.05) is 12.3 Å². The summed E-state index contributed by atoms with van der Waals surface area (Å²) < 4.78 is 0. The fraction of sp³-hybridized carbons (Fsp3) is 0.727. The summed E-state index contributed by atoms with van der Waals surface area (Å²) in [6, 6.07) is 0. The van der Waals surface area contributed by atoms with Crippen molar-refractivity contribution in [2.24, 2.45) is 5.73 Å². The maximum atomic E-state index is 5.86. The predicted molar refractivity (Wildman–Crippen MR) is 77.2 cm³/mol. The van der Waals surface area contributed by atoms with Gasteiger partial charge in [0.05, 0.1) is 0 Å². The Labute approximate surface area is 117 Å². The van der Waals surface area contributed by atoms with Crippen molar-refractivity contribution in [1.82, 2.24) is 15.0 Å². The number of anilines is 1. The highest BCUT2D eigenvalue weighted by Gasteiger charge is 2.05. The molecule has 0 aliphatic heterocycles. The van der Waals surface area contributed by atoms with E-state index in [0.29, 0.717) is 17.6 Å². The maximum Gasteiger partial charge on any atom is 0.228 e. The fourth-order valence-corrected chi connectivity index (χ4v) is 2.34. The Bertz CT molecular complexity index is 350.